The highest BCUT2D eigenvalue weighted by molar-refractivity contribution is 6.29. The Kier molecular flexibility index (Phi) is 3.60. The summed E-state index contributed by atoms with van der Waals surface area (Å²) in [5.74, 6) is 0.867. The van der Waals surface area contributed by atoms with Gasteiger partial charge in [-0.3, -0.25) is 0 Å². The number of hydrogen-bond donors (Lipinski definition) is 0. The number of aromatic nitrogens is 1. The summed E-state index contributed by atoms with van der Waals surface area (Å²) in [7, 11) is 0. The van der Waals surface area contributed by atoms with E-state index in [2.05, 4.69) is 4.98 Å². The van der Waals surface area contributed by atoms with Crippen molar-refractivity contribution in [3.63, 3.8) is 0 Å². The van der Waals surface area contributed by atoms with Crippen molar-refractivity contribution in [2.75, 3.05) is 19.8 Å². The molecule has 0 N–H and O–H groups in total. The van der Waals surface area contributed by atoms with Crippen molar-refractivity contribution < 1.29 is 9.47 Å². The summed E-state index contributed by atoms with van der Waals surface area (Å²) in [5, 5.41) is 8.82. The molecule has 1 aromatic rings. The van der Waals surface area contributed by atoms with Crippen LogP contribution in [0.4, 0.5) is 0 Å². The van der Waals surface area contributed by atoms with Gasteiger partial charge in [-0.2, -0.15) is 5.26 Å². The van der Waals surface area contributed by atoms with Crippen molar-refractivity contribution in [3.05, 3.63) is 23.0 Å². The molecule has 1 fully saturated rings. The maximum absolute atomic E-state index is 8.43. The molecule has 5 heteroatoms. The van der Waals surface area contributed by atoms with Gasteiger partial charge in [0.05, 0.1) is 12.3 Å². The average molecular weight is 239 g/mol. The van der Waals surface area contributed by atoms with Crippen molar-refractivity contribution >= 4 is 11.6 Å². The molecule has 0 radical (unpaired) electrons. The highest BCUT2D eigenvalue weighted by Crippen LogP contribution is 2.28. The highest BCUT2D eigenvalue weighted by atomic mass is 35.5. The van der Waals surface area contributed by atoms with E-state index in [0.717, 1.165) is 18.7 Å². The monoisotopic (exact) mass is 238 g/mol. The molecule has 1 saturated heterocycles. The molecule has 4 nitrogen and oxygen atoms in total. The fourth-order valence-electron chi connectivity index (χ4n) is 1.67. The minimum absolute atomic E-state index is 0.0148. The lowest BCUT2D eigenvalue weighted by Crippen LogP contribution is -2.02. The maximum Gasteiger partial charge on any atom is 0.174 e. The van der Waals surface area contributed by atoms with Crippen LogP contribution >= 0.6 is 11.6 Å². The SMILES string of the molecule is N#CCOc1cc(Cl)nc(C2CCOC2)c1. The van der Waals surface area contributed by atoms with Gasteiger partial charge in [0, 0.05) is 24.7 Å². The number of pyridine rings is 1. The molecule has 84 valence electrons. The minimum Gasteiger partial charge on any atom is -0.479 e. The summed E-state index contributed by atoms with van der Waals surface area (Å²) in [4.78, 5) is 4.25. The van der Waals surface area contributed by atoms with E-state index in [-0.39, 0.29) is 12.5 Å². The Morgan fingerprint density at radius 1 is 1.62 bits per heavy atom. The Hall–Kier alpha value is -1.31. The molecule has 2 heterocycles. The lowest BCUT2D eigenvalue weighted by Gasteiger charge is -2.09. The number of halogens is 1. The Morgan fingerprint density at radius 3 is 3.19 bits per heavy atom. The first-order chi connectivity index (χ1) is 7.79. The van der Waals surface area contributed by atoms with Crippen molar-refractivity contribution in [2.24, 2.45) is 0 Å². The topological polar surface area (TPSA) is 55.1 Å². The van der Waals surface area contributed by atoms with Gasteiger partial charge in [0.25, 0.3) is 0 Å². The van der Waals surface area contributed by atoms with Gasteiger partial charge in [-0.05, 0) is 6.42 Å². The van der Waals surface area contributed by atoms with Crippen molar-refractivity contribution in [1.82, 2.24) is 4.98 Å². The number of ether oxygens (including phenoxy) is 2. The first-order valence-corrected chi connectivity index (χ1v) is 5.42. The standard InChI is InChI=1S/C11H11ClN2O2/c12-11-6-9(16-4-2-13)5-10(14-11)8-1-3-15-7-8/h5-6,8H,1,3-4,7H2. The molecule has 0 aromatic carbocycles. The van der Waals surface area contributed by atoms with Crippen LogP contribution in [-0.2, 0) is 4.74 Å². The van der Waals surface area contributed by atoms with Gasteiger partial charge in [0.2, 0.25) is 0 Å². The molecule has 1 unspecified atom stereocenters. The molecule has 0 aliphatic carbocycles. The Bertz CT molecular complexity index is 411. The summed E-state index contributed by atoms with van der Waals surface area (Å²) < 4.78 is 10.5. The molecule has 1 aromatic heterocycles. The Morgan fingerprint density at radius 2 is 2.50 bits per heavy atom. The number of hydrogen-bond acceptors (Lipinski definition) is 4. The van der Waals surface area contributed by atoms with E-state index in [1.807, 2.05) is 12.1 Å². The second kappa shape index (κ2) is 5.15. The first-order valence-electron chi connectivity index (χ1n) is 5.04. The normalized spacial score (nSPS) is 19.4. The third kappa shape index (κ3) is 2.63. The van der Waals surface area contributed by atoms with Crippen LogP contribution in [0.5, 0.6) is 5.75 Å². The fourth-order valence-corrected chi connectivity index (χ4v) is 1.87. The zero-order valence-electron chi connectivity index (χ0n) is 8.65. The second-order valence-electron chi connectivity index (χ2n) is 3.56. The molecule has 1 atom stereocenters. The van der Waals surface area contributed by atoms with Gasteiger partial charge in [0.15, 0.2) is 6.61 Å². The van der Waals surface area contributed by atoms with Crippen LogP contribution in [0.15, 0.2) is 12.1 Å². The van der Waals surface area contributed by atoms with Gasteiger partial charge < -0.3 is 9.47 Å². The van der Waals surface area contributed by atoms with Crippen LogP contribution in [0.1, 0.15) is 18.0 Å². The zero-order chi connectivity index (χ0) is 11.4. The lowest BCUT2D eigenvalue weighted by molar-refractivity contribution is 0.193. The molecule has 1 aliphatic rings. The molecule has 0 spiro atoms. The second-order valence-corrected chi connectivity index (χ2v) is 3.94. The van der Waals surface area contributed by atoms with E-state index < -0.39 is 0 Å². The maximum atomic E-state index is 8.43. The zero-order valence-corrected chi connectivity index (χ0v) is 9.41. The van der Waals surface area contributed by atoms with Crippen LogP contribution < -0.4 is 4.74 Å². The molecule has 0 bridgehead atoms. The van der Waals surface area contributed by atoms with Crippen LogP contribution in [-0.4, -0.2) is 24.8 Å². The summed E-state index contributed by atoms with van der Waals surface area (Å²) in [6.45, 7) is 1.44. The molecular weight excluding hydrogens is 228 g/mol. The van der Waals surface area contributed by atoms with Gasteiger partial charge in [-0.25, -0.2) is 4.98 Å². The summed E-state index contributed by atoms with van der Waals surface area (Å²) in [6, 6.07) is 5.35. The van der Waals surface area contributed by atoms with E-state index >= 15 is 0 Å². The largest absolute Gasteiger partial charge is 0.479 e. The van der Waals surface area contributed by atoms with Crippen LogP contribution in [0.2, 0.25) is 5.15 Å². The molecule has 0 amide bonds. The van der Waals surface area contributed by atoms with E-state index in [4.69, 9.17) is 26.3 Å². The molecule has 2 rings (SSSR count). The van der Waals surface area contributed by atoms with E-state index in [9.17, 15) is 0 Å². The predicted molar refractivity (Wildman–Crippen MR) is 58.5 cm³/mol. The summed E-state index contributed by atoms with van der Waals surface area (Å²) in [5.41, 5.74) is 0.873. The predicted octanol–water partition coefficient (Wildman–Crippen LogP) is 2.14. The quantitative estimate of drug-likeness (QED) is 0.757. The van der Waals surface area contributed by atoms with Crippen LogP contribution in [0.3, 0.4) is 0 Å². The molecular formula is C11H11ClN2O2. The number of nitriles is 1. The van der Waals surface area contributed by atoms with Crippen LogP contribution in [0.25, 0.3) is 0 Å². The lowest BCUT2D eigenvalue weighted by atomic mass is 10.0. The Labute approximate surface area is 98.8 Å². The minimum atomic E-state index is 0.0148. The average Bonchev–Trinajstić information content (AvgIpc) is 2.79. The number of rotatable bonds is 3. The van der Waals surface area contributed by atoms with Gasteiger partial charge in [-0.15, -0.1) is 0 Å². The molecule has 0 saturated carbocycles. The van der Waals surface area contributed by atoms with Crippen molar-refractivity contribution in [1.29, 1.82) is 5.26 Å². The fraction of sp³-hybridized carbons (Fsp3) is 0.455. The number of nitrogens with zero attached hydrogens (tertiary/aromatic N) is 2. The third-order valence-electron chi connectivity index (χ3n) is 2.44. The first kappa shape index (κ1) is 11.2. The van der Waals surface area contributed by atoms with Crippen molar-refractivity contribution in [3.8, 4) is 11.8 Å². The summed E-state index contributed by atoms with van der Waals surface area (Å²) in [6.07, 6.45) is 0.949. The van der Waals surface area contributed by atoms with E-state index in [1.165, 1.54) is 0 Å². The van der Waals surface area contributed by atoms with Gasteiger partial charge >= 0.3 is 0 Å². The van der Waals surface area contributed by atoms with Gasteiger partial charge in [0.1, 0.15) is 17.0 Å². The summed E-state index contributed by atoms with van der Waals surface area (Å²) >= 11 is 5.89. The molecule has 16 heavy (non-hydrogen) atoms. The van der Waals surface area contributed by atoms with Gasteiger partial charge in [-0.1, -0.05) is 11.6 Å². The van der Waals surface area contributed by atoms with Crippen LogP contribution in [0, 0.1) is 11.3 Å². The third-order valence-corrected chi connectivity index (χ3v) is 2.63. The van der Waals surface area contributed by atoms with E-state index in [0.29, 0.717) is 17.5 Å². The van der Waals surface area contributed by atoms with Crippen molar-refractivity contribution in [2.45, 2.75) is 12.3 Å². The highest BCUT2D eigenvalue weighted by Gasteiger charge is 2.20. The van der Waals surface area contributed by atoms with E-state index in [1.54, 1.807) is 6.07 Å². The Balaban J connectivity index is 2.18. The molecule has 1 aliphatic heterocycles. The smallest absolute Gasteiger partial charge is 0.174 e.